The van der Waals surface area contributed by atoms with Gasteiger partial charge in [0.15, 0.2) is 0 Å². The van der Waals surface area contributed by atoms with Gasteiger partial charge in [0.2, 0.25) is 5.88 Å². The Balaban J connectivity index is 1.35. The molecule has 2 aromatic rings. The molecule has 0 radical (unpaired) electrons. The van der Waals surface area contributed by atoms with E-state index in [9.17, 15) is 9.90 Å². The van der Waals surface area contributed by atoms with Crippen LogP contribution in [-0.4, -0.2) is 39.6 Å². The van der Waals surface area contributed by atoms with Crippen molar-refractivity contribution < 1.29 is 19.4 Å². The predicted molar refractivity (Wildman–Crippen MR) is 110 cm³/mol. The lowest BCUT2D eigenvalue weighted by atomic mass is 9.82. The molecular formula is C23H30N2O4. The third kappa shape index (κ3) is 4.99. The van der Waals surface area contributed by atoms with Gasteiger partial charge >= 0.3 is 5.97 Å². The number of benzene rings is 1. The summed E-state index contributed by atoms with van der Waals surface area (Å²) >= 11 is 0. The first-order valence-electron chi connectivity index (χ1n) is 10.8. The minimum absolute atomic E-state index is 0.0779. The standard InChI is InChI=1S/C23H30N2O4/c1-15(26)28-19-12-10-17(11-13-19)16-6-8-18(9-7-16)20-14-23(25-24-20)29-22-5-3-2-4-21(22)27/h6-9,14,17,19,21-22,27H,2-5,10-13H2,1H3,(H,24,25). The number of aromatic nitrogens is 2. The van der Waals surface area contributed by atoms with Crippen LogP contribution < -0.4 is 4.74 Å². The van der Waals surface area contributed by atoms with Gasteiger partial charge in [0, 0.05) is 13.0 Å². The van der Waals surface area contributed by atoms with Crippen LogP contribution in [0.5, 0.6) is 5.88 Å². The van der Waals surface area contributed by atoms with Crippen LogP contribution in [0.4, 0.5) is 0 Å². The predicted octanol–water partition coefficient (Wildman–Crippen LogP) is 4.35. The number of carbonyl (C=O) groups is 1. The number of hydrogen-bond donors (Lipinski definition) is 2. The van der Waals surface area contributed by atoms with Gasteiger partial charge in [-0.05, 0) is 62.0 Å². The fourth-order valence-electron chi connectivity index (χ4n) is 4.57. The maximum Gasteiger partial charge on any atom is 0.302 e. The van der Waals surface area contributed by atoms with Gasteiger partial charge in [-0.1, -0.05) is 30.7 Å². The van der Waals surface area contributed by atoms with E-state index in [0.717, 1.165) is 62.6 Å². The Morgan fingerprint density at radius 1 is 1.07 bits per heavy atom. The average Bonchev–Trinajstić information content (AvgIpc) is 3.19. The summed E-state index contributed by atoms with van der Waals surface area (Å²) in [5.41, 5.74) is 3.31. The van der Waals surface area contributed by atoms with Gasteiger partial charge in [-0.3, -0.25) is 9.89 Å². The van der Waals surface area contributed by atoms with Crippen molar-refractivity contribution in [1.29, 1.82) is 0 Å². The second-order valence-corrected chi connectivity index (χ2v) is 8.33. The Labute approximate surface area is 171 Å². The van der Waals surface area contributed by atoms with Gasteiger partial charge in [0.1, 0.15) is 12.2 Å². The van der Waals surface area contributed by atoms with Gasteiger partial charge in [0.25, 0.3) is 0 Å². The second-order valence-electron chi connectivity index (χ2n) is 8.33. The zero-order valence-corrected chi connectivity index (χ0v) is 17.0. The molecule has 2 saturated carbocycles. The maximum atomic E-state index is 11.1. The Hall–Kier alpha value is -2.34. The van der Waals surface area contributed by atoms with Gasteiger partial charge in [-0.15, -0.1) is 5.10 Å². The molecule has 4 rings (SSSR count). The number of aliphatic hydroxyl groups excluding tert-OH is 1. The third-order valence-corrected chi connectivity index (χ3v) is 6.19. The van der Waals surface area contributed by atoms with Crippen molar-refractivity contribution in [3.8, 4) is 17.1 Å². The molecule has 156 valence electrons. The highest BCUT2D eigenvalue weighted by Crippen LogP contribution is 2.35. The summed E-state index contributed by atoms with van der Waals surface area (Å²) < 4.78 is 11.2. The van der Waals surface area contributed by atoms with E-state index in [-0.39, 0.29) is 18.2 Å². The Morgan fingerprint density at radius 3 is 2.48 bits per heavy atom. The van der Waals surface area contributed by atoms with E-state index in [0.29, 0.717) is 11.8 Å². The molecule has 29 heavy (non-hydrogen) atoms. The molecular weight excluding hydrogens is 368 g/mol. The smallest absolute Gasteiger partial charge is 0.302 e. The topological polar surface area (TPSA) is 84.4 Å². The highest BCUT2D eigenvalue weighted by Gasteiger charge is 2.26. The first-order chi connectivity index (χ1) is 14.1. The van der Waals surface area contributed by atoms with Crippen LogP contribution in [0.25, 0.3) is 11.3 Å². The number of rotatable bonds is 5. The molecule has 0 bridgehead atoms. The number of hydrogen-bond acceptors (Lipinski definition) is 5. The maximum absolute atomic E-state index is 11.1. The van der Waals surface area contributed by atoms with Gasteiger partial charge in [-0.2, -0.15) is 0 Å². The van der Waals surface area contributed by atoms with Crippen molar-refractivity contribution >= 4 is 5.97 Å². The first-order valence-corrected chi connectivity index (χ1v) is 10.8. The normalized spacial score (nSPS) is 27.4. The van der Waals surface area contributed by atoms with E-state index in [2.05, 4.69) is 34.5 Å². The molecule has 2 atom stereocenters. The summed E-state index contributed by atoms with van der Waals surface area (Å²) in [6.45, 7) is 1.48. The fourth-order valence-corrected chi connectivity index (χ4v) is 4.57. The van der Waals surface area contributed by atoms with E-state index in [1.54, 1.807) is 0 Å². The molecule has 1 aromatic heterocycles. The van der Waals surface area contributed by atoms with Crippen molar-refractivity contribution in [2.75, 3.05) is 0 Å². The fraction of sp³-hybridized carbons (Fsp3) is 0.565. The number of aliphatic hydroxyl groups is 1. The van der Waals surface area contributed by atoms with Crippen LogP contribution in [0.15, 0.2) is 30.3 Å². The molecule has 2 aliphatic rings. The Kier molecular flexibility index (Phi) is 6.19. The summed E-state index contributed by atoms with van der Waals surface area (Å²) in [4.78, 5) is 11.1. The number of esters is 1. The molecule has 6 nitrogen and oxygen atoms in total. The van der Waals surface area contributed by atoms with E-state index in [1.165, 1.54) is 12.5 Å². The lowest BCUT2D eigenvalue weighted by molar-refractivity contribution is -0.147. The number of nitrogens with one attached hydrogen (secondary N) is 1. The second kappa shape index (κ2) is 8.99. The van der Waals surface area contributed by atoms with E-state index < -0.39 is 6.10 Å². The molecule has 0 spiro atoms. The number of aromatic amines is 1. The van der Waals surface area contributed by atoms with Crippen LogP contribution in [0.3, 0.4) is 0 Å². The number of nitrogens with zero attached hydrogens (tertiary/aromatic N) is 1. The van der Waals surface area contributed by atoms with Crippen LogP contribution >= 0.6 is 0 Å². The van der Waals surface area contributed by atoms with E-state index >= 15 is 0 Å². The van der Waals surface area contributed by atoms with E-state index in [1.807, 2.05) is 6.07 Å². The summed E-state index contributed by atoms with van der Waals surface area (Å²) in [5, 5.41) is 17.4. The summed E-state index contributed by atoms with van der Waals surface area (Å²) in [6, 6.07) is 10.5. The van der Waals surface area contributed by atoms with Gasteiger partial charge in [0.05, 0.1) is 11.8 Å². The van der Waals surface area contributed by atoms with Crippen LogP contribution in [0.1, 0.15) is 69.8 Å². The van der Waals surface area contributed by atoms with Crippen molar-refractivity contribution in [2.45, 2.75) is 82.5 Å². The van der Waals surface area contributed by atoms with Crippen molar-refractivity contribution in [3.63, 3.8) is 0 Å². The zero-order chi connectivity index (χ0) is 20.2. The Bertz CT molecular complexity index is 809. The summed E-state index contributed by atoms with van der Waals surface area (Å²) in [7, 11) is 0. The monoisotopic (exact) mass is 398 g/mol. The molecule has 2 aliphatic carbocycles. The summed E-state index contributed by atoms with van der Waals surface area (Å²) in [5.74, 6) is 0.877. The SMILES string of the molecule is CC(=O)OC1CCC(c2ccc(-c3cc(OC4CCCCC4O)n[nH]3)cc2)CC1. The van der Waals surface area contributed by atoms with Crippen molar-refractivity contribution in [3.05, 3.63) is 35.9 Å². The van der Waals surface area contributed by atoms with E-state index in [4.69, 9.17) is 9.47 Å². The Morgan fingerprint density at radius 2 is 1.79 bits per heavy atom. The molecule has 6 heteroatoms. The number of ether oxygens (including phenoxy) is 2. The molecule has 2 N–H and O–H groups in total. The number of H-pyrrole nitrogens is 1. The highest BCUT2D eigenvalue weighted by molar-refractivity contribution is 5.66. The largest absolute Gasteiger partial charge is 0.471 e. The molecule has 0 aliphatic heterocycles. The van der Waals surface area contributed by atoms with Crippen LogP contribution in [0.2, 0.25) is 0 Å². The molecule has 2 fully saturated rings. The molecule has 1 heterocycles. The van der Waals surface area contributed by atoms with Gasteiger partial charge in [-0.25, -0.2) is 0 Å². The first kappa shape index (κ1) is 20.0. The van der Waals surface area contributed by atoms with Crippen molar-refractivity contribution in [1.82, 2.24) is 10.2 Å². The van der Waals surface area contributed by atoms with Crippen LogP contribution in [0, 0.1) is 0 Å². The van der Waals surface area contributed by atoms with Crippen molar-refractivity contribution in [2.24, 2.45) is 0 Å². The van der Waals surface area contributed by atoms with Gasteiger partial charge < -0.3 is 14.6 Å². The lowest BCUT2D eigenvalue weighted by Gasteiger charge is -2.28. The highest BCUT2D eigenvalue weighted by atomic mass is 16.5. The number of carbonyl (C=O) groups excluding carboxylic acids is 1. The summed E-state index contributed by atoms with van der Waals surface area (Å²) in [6.07, 6.45) is 7.28. The molecule has 2 unspecified atom stereocenters. The molecule has 1 aromatic carbocycles. The lowest BCUT2D eigenvalue weighted by Crippen LogP contribution is -2.34. The zero-order valence-electron chi connectivity index (χ0n) is 17.0. The van der Waals surface area contributed by atoms with Crippen LogP contribution in [-0.2, 0) is 9.53 Å². The third-order valence-electron chi connectivity index (χ3n) is 6.19. The minimum atomic E-state index is -0.404. The molecule has 0 amide bonds. The molecule has 0 saturated heterocycles. The minimum Gasteiger partial charge on any atom is -0.471 e. The quantitative estimate of drug-likeness (QED) is 0.732. The average molecular weight is 399 g/mol.